The SMILES string of the molecule is Cn1cc(C(CC(=O)N2CCC(n3c(=O)[nH]c4ccccc43)CC2)c2ccc(Cl)cc2)c2ccccc21. The van der Waals surface area contributed by atoms with Crippen LogP contribution < -0.4 is 5.69 Å². The molecule has 0 bridgehead atoms. The summed E-state index contributed by atoms with van der Waals surface area (Å²) in [5.41, 5.74) is 5.07. The zero-order valence-corrected chi connectivity index (χ0v) is 21.5. The molecule has 0 saturated carbocycles. The lowest BCUT2D eigenvalue weighted by Gasteiger charge is -2.33. The topological polar surface area (TPSA) is 63.0 Å². The number of H-pyrrole nitrogens is 1. The summed E-state index contributed by atoms with van der Waals surface area (Å²) in [4.78, 5) is 31.2. The molecule has 1 saturated heterocycles. The average Bonchev–Trinajstić information content (AvgIpc) is 3.44. The van der Waals surface area contributed by atoms with Gasteiger partial charge in [0.15, 0.2) is 0 Å². The van der Waals surface area contributed by atoms with Crippen molar-refractivity contribution in [3.05, 3.63) is 106 Å². The van der Waals surface area contributed by atoms with Gasteiger partial charge in [-0.05, 0) is 54.3 Å². The molecule has 1 amide bonds. The molecule has 1 aliphatic heterocycles. The van der Waals surface area contributed by atoms with Crippen molar-refractivity contribution in [3.8, 4) is 0 Å². The third-order valence-corrected chi connectivity index (χ3v) is 8.01. The van der Waals surface area contributed by atoms with Gasteiger partial charge in [0.05, 0.1) is 11.0 Å². The maximum atomic E-state index is 13.7. The minimum absolute atomic E-state index is 0.0789. The predicted octanol–water partition coefficient (Wildman–Crippen LogP) is 5.86. The molecule has 3 heterocycles. The number of halogens is 1. The second-order valence-corrected chi connectivity index (χ2v) is 10.4. The van der Waals surface area contributed by atoms with Crippen LogP contribution in [0.2, 0.25) is 5.02 Å². The van der Waals surface area contributed by atoms with E-state index in [0.717, 1.165) is 45.9 Å². The number of rotatable bonds is 5. The zero-order valence-electron chi connectivity index (χ0n) is 20.7. The van der Waals surface area contributed by atoms with Gasteiger partial charge in [-0.2, -0.15) is 0 Å². The maximum absolute atomic E-state index is 13.7. The number of nitrogens with one attached hydrogen (secondary N) is 1. The number of hydrogen-bond donors (Lipinski definition) is 1. The van der Waals surface area contributed by atoms with E-state index in [1.54, 1.807) is 0 Å². The van der Waals surface area contributed by atoms with E-state index in [1.807, 2.05) is 77.2 Å². The number of piperidine rings is 1. The van der Waals surface area contributed by atoms with Crippen molar-refractivity contribution in [3.63, 3.8) is 0 Å². The molecule has 0 aliphatic carbocycles. The number of carbonyl (C=O) groups excluding carboxylic acids is 1. The second-order valence-electron chi connectivity index (χ2n) is 9.95. The molecule has 188 valence electrons. The monoisotopic (exact) mass is 512 g/mol. The average molecular weight is 513 g/mol. The van der Waals surface area contributed by atoms with Crippen molar-refractivity contribution in [2.45, 2.75) is 31.2 Å². The fourth-order valence-electron chi connectivity index (χ4n) is 5.87. The van der Waals surface area contributed by atoms with Gasteiger partial charge in [0.1, 0.15) is 0 Å². The normalized spacial score (nSPS) is 15.5. The van der Waals surface area contributed by atoms with Crippen LogP contribution in [0, 0.1) is 0 Å². The number of hydrogen-bond acceptors (Lipinski definition) is 2. The van der Waals surface area contributed by atoms with Gasteiger partial charge in [-0.15, -0.1) is 0 Å². The third kappa shape index (κ3) is 4.36. The summed E-state index contributed by atoms with van der Waals surface area (Å²) in [5.74, 6) is 0.0578. The minimum Gasteiger partial charge on any atom is -0.350 e. The highest BCUT2D eigenvalue weighted by Crippen LogP contribution is 2.36. The van der Waals surface area contributed by atoms with E-state index in [1.165, 1.54) is 0 Å². The van der Waals surface area contributed by atoms with E-state index in [4.69, 9.17) is 11.6 Å². The number of aromatic amines is 1. The number of aromatic nitrogens is 3. The van der Waals surface area contributed by atoms with Crippen LogP contribution >= 0.6 is 11.6 Å². The molecule has 6 nitrogen and oxygen atoms in total. The molecular weight excluding hydrogens is 484 g/mol. The Bertz CT molecular complexity index is 1640. The van der Waals surface area contributed by atoms with Crippen LogP contribution in [-0.2, 0) is 11.8 Å². The first kappa shape index (κ1) is 23.6. The maximum Gasteiger partial charge on any atom is 0.326 e. The van der Waals surface area contributed by atoms with Gasteiger partial charge in [0, 0.05) is 60.6 Å². The van der Waals surface area contributed by atoms with E-state index in [9.17, 15) is 9.59 Å². The minimum atomic E-state index is -0.0789. The first-order valence-corrected chi connectivity index (χ1v) is 13.1. The highest BCUT2D eigenvalue weighted by atomic mass is 35.5. The first-order valence-electron chi connectivity index (χ1n) is 12.8. The van der Waals surface area contributed by atoms with Gasteiger partial charge < -0.3 is 14.5 Å². The Kier molecular flexibility index (Phi) is 6.13. The van der Waals surface area contributed by atoms with Gasteiger partial charge in [0.25, 0.3) is 0 Å². The lowest BCUT2D eigenvalue weighted by atomic mass is 9.87. The number of fused-ring (bicyclic) bond motifs is 2. The highest BCUT2D eigenvalue weighted by Gasteiger charge is 2.29. The van der Waals surface area contributed by atoms with Gasteiger partial charge in [-0.25, -0.2) is 4.79 Å². The van der Waals surface area contributed by atoms with Crippen LogP contribution in [0.3, 0.4) is 0 Å². The summed E-state index contributed by atoms with van der Waals surface area (Å²) in [7, 11) is 2.05. The molecule has 2 aromatic heterocycles. The summed E-state index contributed by atoms with van der Waals surface area (Å²) < 4.78 is 3.99. The molecule has 1 atom stereocenters. The number of aryl methyl sites for hydroxylation is 1. The van der Waals surface area contributed by atoms with E-state index < -0.39 is 0 Å². The van der Waals surface area contributed by atoms with Crippen LogP contribution in [-0.4, -0.2) is 38.0 Å². The Morgan fingerprint density at radius 2 is 1.65 bits per heavy atom. The van der Waals surface area contributed by atoms with Crippen molar-refractivity contribution < 1.29 is 4.79 Å². The van der Waals surface area contributed by atoms with Crippen molar-refractivity contribution >= 4 is 39.4 Å². The molecule has 0 spiro atoms. The smallest absolute Gasteiger partial charge is 0.326 e. The van der Waals surface area contributed by atoms with E-state index in [0.29, 0.717) is 24.5 Å². The fraction of sp³-hybridized carbons (Fsp3) is 0.267. The van der Waals surface area contributed by atoms with Crippen LogP contribution in [0.4, 0.5) is 0 Å². The zero-order chi connectivity index (χ0) is 25.5. The molecular formula is C30H29ClN4O2. The Labute approximate surface area is 220 Å². The van der Waals surface area contributed by atoms with Gasteiger partial charge in [0.2, 0.25) is 5.91 Å². The predicted molar refractivity (Wildman–Crippen MR) is 148 cm³/mol. The van der Waals surface area contributed by atoms with Crippen molar-refractivity contribution in [1.29, 1.82) is 0 Å². The van der Waals surface area contributed by atoms with Crippen LogP contribution in [0.25, 0.3) is 21.9 Å². The molecule has 3 aromatic carbocycles. The van der Waals surface area contributed by atoms with Crippen molar-refractivity contribution in [2.75, 3.05) is 13.1 Å². The number of likely N-dealkylation sites (tertiary alicyclic amines) is 1. The van der Waals surface area contributed by atoms with E-state index in [2.05, 4.69) is 27.9 Å². The van der Waals surface area contributed by atoms with Crippen LogP contribution in [0.5, 0.6) is 0 Å². The molecule has 0 radical (unpaired) electrons. The quantitative estimate of drug-likeness (QED) is 0.320. The molecule has 37 heavy (non-hydrogen) atoms. The number of benzene rings is 3. The van der Waals surface area contributed by atoms with Crippen LogP contribution in [0.1, 0.15) is 42.3 Å². The van der Waals surface area contributed by atoms with E-state index >= 15 is 0 Å². The molecule has 5 aromatic rings. The Balaban J connectivity index is 1.24. The number of para-hydroxylation sites is 3. The molecule has 1 fully saturated rings. The molecule has 1 unspecified atom stereocenters. The van der Waals surface area contributed by atoms with E-state index in [-0.39, 0.29) is 23.6 Å². The fourth-order valence-corrected chi connectivity index (χ4v) is 5.99. The summed E-state index contributed by atoms with van der Waals surface area (Å²) in [5, 5.41) is 1.84. The van der Waals surface area contributed by atoms with Gasteiger partial charge in [-0.3, -0.25) is 9.36 Å². The standard InChI is InChI=1S/C30H29ClN4O2/c1-33-19-25(23-6-2-4-8-27(23)33)24(20-10-12-21(31)13-11-20)18-29(36)34-16-14-22(15-17-34)35-28-9-5-3-7-26(28)32-30(35)37/h2-13,19,22,24H,14-18H2,1H3,(H,32,37). The summed E-state index contributed by atoms with van der Waals surface area (Å²) in [6.45, 7) is 1.27. The number of amides is 1. The number of nitrogens with zero attached hydrogens (tertiary/aromatic N) is 3. The highest BCUT2D eigenvalue weighted by molar-refractivity contribution is 6.30. The molecule has 1 aliphatic rings. The summed E-state index contributed by atoms with van der Waals surface area (Å²) >= 11 is 6.19. The number of carbonyl (C=O) groups is 1. The van der Waals surface area contributed by atoms with Gasteiger partial charge >= 0.3 is 5.69 Å². The largest absolute Gasteiger partial charge is 0.350 e. The second kappa shape index (κ2) is 9.60. The first-order chi connectivity index (χ1) is 18.0. The Hall–Kier alpha value is -3.77. The molecule has 1 N–H and O–H groups in total. The lowest BCUT2D eigenvalue weighted by Crippen LogP contribution is -2.41. The molecule has 6 rings (SSSR count). The lowest BCUT2D eigenvalue weighted by molar-refractivity contribution is -0.132. The number of imidazole rings is 1. The third-order valence-electron chi connectivity index (χ3n) is 7.76. The van der Waals surface area contributed by atoms with Crippen molar-refractivity contribution in [2.24, 2.45) is 7.05 Å². The Morgan fingerprint density at radius 3 is 2.41 bits per heavy atom. The Morgan fingerprint density at radius 1 is 0.973 bits per heavy atom. The van der Waals surface area contributed by atoms with Crippen LogP contribution in [0.15, 0.2) is 83.8 Å². The summed E-state index contributed by atoms with van der Waals surface area (Å²) in [6.07, 6.45) is 4.04. The van der Waals surface area contributed by atoms with Crippen molar-refractivity contribution in [1.82, 2.24) is 19.0 Å². The molecule has 7 heteroatoms. The van der Waals surface area contributed by atoms with Gasteiger partial charge in [-0.1, -0.05) is 54.1 Å². The summed E-state index contributed by atoms with van der Waals surface area (Å²) in [6, 6.07) is 24.0.